The van der Waals surface area contributed by atoms with Crippen molar-refractivity contribution in [3.63, 3.8) is 0 Å². The van der Waals surface area contributed by atoms with Crippen LogP contribution in [0.5, 0.6) is 0 Å². The summed E-state index contributed by atoms with van der Waals surface area (Å²) in [5.41, 5.74) is 5.27. The molecule has 0 unspecified atom stereocenters. The van der Waals surface area contributed by atoms with Crippen molar-refractivity contribution in [1.29, 1.82) is 0 Å². The molecule has 0 saturated carbocycles. The number of aromatic nitrogens is 3. The fourth-order valence-corrected chi connectivity index (χ4v) is 1.45. The fourth-order valence-electron chi connectivity index (χ4n) is 1.45. The normalized spacial score (nSPS) is 10.5. The number of hydrogen-bond acceptors (Lipinski definition) is 4. The monoisotopic (exact) mass is 236 g/mol. The summed E-state index contributed by atoms with van der Waals surface area (Å²) in [6.45, 7) is 1.53. The summed E-state index contributed by atoms with van der Waals surface area (Å²) in [4.78, 5) is 14.6. The fraction of sp³-hybridized carbons (Fsp3) is 0.100. The quantitative estimate of drug-likeness (QED) is 0.811. The molecule has 0 bridgehead atoms. The first-order valence-electron chi connectivity index (χ1n) is 4.70. The Kier molecular flexibility index (Phi) is 2.51. The van der Waals surface area contributed by atoms with Crippen molar-refractivity contribution in [2.45, 2.75) is 6.92 Å². The first kappa shape index (κ1) is 11.1. The molecule has 1 heterocycles. The number of aryl methyl sites for hydroxylation is 1. The summed E-state index contributed by atoms with van der Waals surface area (Å²) in [7, 11) is 0. The predicted octanol–water partition coefficient (Wildman–Crippen LogP) is 0.995. The lowest BCUT2D eigenvalue weighted by atomic mass is 10.1. The van der Waals surface area contributed by atoms with Crippen LogP contribution in [-0.2, 0) is 0 Å². The molecular weight excluding hydrogens is 227 g/mol. The zero-order chi connectivity index (χ0) is 12.6. The van der Waals surface area contributed by atoms with E-state index in [1.807, 2.05) is 0 Å². The van der Waals surface area contributed by atoms with E-state index in [1.54, 1.807) is 0 Å². The van der Waals surface area contributed by atoms with E-state index in [0.29, 0.717) is 5.56 Å². The maximum absolute atomic E-state index is 13.9. The number of aromatic carboxylic acids is 1. The second kappa shape index (κ2) is 3.85. The summed E-state index contributed by atoms with van der Waals surface area (Å²) in [5, 5.41) is 12.7. The Bertz CT molecular complexity index is 594. The number of carbonyl (C=O) groups is 1. The number of halogens is 1. The van der Waals surface area contributed by atoms with Gasteiger partial charge in [-0.3, -0.25) is 0 Å². The van der Waals surface area contributed by atoms with Gasteiger partial charge in [-0.05, 0) is 18.6 Å². The van der Waals surface area contributed by atoms with E-state index in [-0.39, 0.29) is 17.2 Å². The molecular formula is C10H9FN4O2. The van der Waals surface area contributed by atoms with Gasteiger partial charge < -0.3 is 10.8 Å². The van der Waals surface area contributed by atoms with E-state index in [0.717, 1.165) is 4.68 Å². The van der Waals surface area contributed by atoms with Crippen LogP contribution in [0.2, 0.25) is 0 Å². The number of rotatable bonds is 2. The molecule has 0 aliphatic carbocycles. The number of carboxylic acids is 1. The molecule has 88 valence electrons. The highest BCUT2D eigenvalue weighted by atomic mass is 19.1. The zero-order valence-corrected chi connectivity index (χ0v) is 8.88. The van der Waals surface area contributed by atoms with Gasteiger partial charge in [-0.25, -0.2) is 18.9 Å². The van der Waals surface area contributed by atoms with Crippen molar-refractivity contribution in [3.8, 4) is 5.69 Å². The van der Waals surface area contributed by atoms with Crippen molar-refractivity contribution in [1.82, 2.24) is 14.8 Å². The van der Waals surface area contributed by atoms with Crippen LogP contribution in [0.4, 0.5) is 10.3 Å². The largest absolute Gasteiger partial charge is 0.478 e. The smallest absolute Gasteiger partial charge is 0.338 e. The Morgan fingerprint density at radius 2 is 2.24 bits per heavy atom. The topological polar surface area (TPSA) is 94.0 Å². The minimum Gasteiger partial charge on any atom is -0.478 e. The Hall–Kier alpha value is -2.44. The van der Waals surface area contributed by atoms with Crippen LogP contribution >= 0.6 is 0 Å². The molecule has 17 heavy (non-hydrogen) atoms. The predicted molar refractivity (Wildman–Crippen MR) is 57.4 cm³/mol. The molecule has 1 aromatic carbocycles. The number of nitrogens with zero attached hydrogens (tertiary/aromatic N) is 3. The molecule has 0 aliphatic heterocycles. The van der Waals surface area contributed by atoms with E-state index < -0.39 is 11.8 Å². The van der Waals surface area contributed by atoms with Gasteiger partial charge >= 0.3 is 5.97 Å². The van der Waals surface area contributed by atoms with Gasteiger partial charge in [-0.15, -0.1) is 5.10 Å². The van der Waals surface area contributed by atoms with E-state index in [2.05, 4.69) is 10.1 Å². The zero-order valence-electron chi connectivity index (χ0n) is 8.88. The van der Waals surface area contributed by atoms with Crippen LogP contribution in [0, 0.1) is 12.7 Å². The van der Waals surface area contributed by atoms with Crippen LogP contribution in [-0.4, -0.2) is 25.8 Å². The van der Waals surface area contributed by atoms with Gasteiger partial charge in [-0.1, -0.05) is 6.07 Å². The summed E-state index contributed by atoms with van der Waals surface area (Å²) in [6, 6.07) is 2.70. The van der Waals surface area contributed by atoms with Crippen LogP contribution < -0.4 is 5.73 Å². The molecule has 6 nitrogen and oxygen atoms in total. The number of benzene rings is 1. The maximum atomic E-state index is 13.9. The minimum absolute atomic E-state index is 0.0535. The van der Waals surface area contributed by atoms with Gasteiger partial charge in [0.15, 0.2) is 5.82 Å². The van der Waals surface area contributed by atoms with Crippen molar-refractivity contribution in [2.75, 3.05) is 5.73 Å². The first-order valence-corrected chi connectivity index (χ1v) is 4.70. The minimum atomic E-state index is -1.24. The molecule has 7 heteroatoms. The standard InChI is InChI=1S/C10H9FN4O2/c1-5-2-3-6(9(16)17)8(7(5)11)15-4-13-10(12)14-15/h2-4H,1H3,(H2,12,14)(H,16,17). The van der Waals surface area contributed by atoms with E-state index in [4.69, 9.17) is 10.8 Å². The molecule has 2 aromatic rings. The molecule has 1 aromatic heterocycles. The second-order valence-corrected chi connectivity index (χ2v) is 3.45. The number of nitrogen functional groups attached to an aromatic ring is 1. The summed E-state index contributed by atoms with van der Waals surface area (Å²) in [5.74, 6) is -1.95. The van der Waals surface area contributed by atoms with Gasteiger partial charge in [0.2, 0.25) is 5.95 Å². The molecule has 0 radical (unpaired) electrons. The highest BCUT2D eigenvalue weighted by Gasteiger charge is 2.19. The highest BCUT2D eigenvalue weighted by molar-refractivity contribution is 5.92. The third-order valence-corrected chi connectivity index (χ3v) is 2.28. The Labute approximate surface area is 95.5 Å². The van der Waals surface area contributed by atoms with Gasteiger partial charge in [0.25, 0.3) is 0 Å². The van der Waals surface area contributed by atoms with Crippen molar-refractivity contribution >= 4 is 11.9 Å². The molecule has 0 atom stereocenters. The molecule has 0 aliphatic rings. The number of anilines is 1. The van der Waals surface area contributed by atoms with E-state index >= 15 is 0 Å². The Morgan fingerprint density at radius 3 is 2.76 bits per heavy atom. The lowest BCUT2D eigenvalue weighted by Gasteiger charge is -2.08. The lowest BCUT2D eigenvalue weighted by molar-refractivity contribution is 0.0696. The molecule has 0 amide bonds. The van der Waals surface area contributed by atoms with Crippen LogP contribution in [0.3, 0.4) is 0 Å². The highest BCUT2D eigenvalue weighted by Crippen LogP contribution is 2.21. The number of hydrogen-bond donors (Lipinski definition) is 2. The van der Waals surface area contributed by atoms with Crippen molar-refractivity contribution in [3.05, 3.63) is 35.4 Å². The Morgan fingerprint density at radius 1 is 1.53 bits per heavy atom. The number of carboxylic acid groups (broad SMARTS) is 1. The summed E-state index contributed by atoms with van der Waals surface area (Å²) >= 11 is 0. The molecule has 2 rings (SSSR count). The van der Waals surface area contributed by atoms with Crippen LogP contribution in [0.25, 0.3) is 5.69 Å². The van der Waals surface area contributed by atoms with Crippen LogP contribution in [0.1, 0.15) is 15.9 Å². The molecule has 3 N–H and O–H groups in total. The third kappa shape index (κ3) is 1.82. The maximum Gasteiger partial charge on any atom is 0.338 e. The van der Waals surface area contributed by atoms with Gasteiger partial charge in [-0.2, -0.15) is 0 Å². The molecule has 0 fully saturated rings. The Balaban J connectivity index is 2.73. The SMILES string of the molecule is Cc1ccc(C(=O)O)c(-n2cnc(N)n2)c1F. The summed E-state index contributed by atoms with van der Waals surface area (Å²) in [6.07, 6.45) is 1.17. The summed E-state index contributed by atoms with van der Waals surface area (Å²) < 4.78 is 14.9. The van der Waals surface area contributed by atoms with Gasteiger partial charge in [0.1, 0.15) is 12.0 Å². The average molecular weight is 236 g/mol. The van der Waals surface area contributed by atoms with E-state index in [9.17, 15) is 9.18 Å². The third-order valence-electron chi connectivity index (χ3n) is 2.28. The van der Waals surface area contributed by atoms with Crippen molar-refractivity contribution in [2.24, 2.45) is 0 Å². The van der Waals surface area contributed by atoms with E-state index in [1.165, 1.54) is 25.4 Å². The average Bonchev–Trinajstić information content (AvgIpc) is 2.68. The second-order valence-electron chi connectivity index (χ2n) is 3.45. The lowest BCUT2D eigenvalue weighted by Crippen LogP contribution is -2.10. The van der Waals surface area contributed by atoms with Gasteiger partial charge in [0.05, 0.1) is 5.56 Å². The first-order chi connectivity index (χ1) is 8.00. The van der Waals surface area contributed by atoms with Crippen LogP contribution in [0.15, 0.2) is 18.5 Å². The molecule has 0 spiro atoms. The van der Waals surface area contributed by atoms with Crippen molar-refractivity contribution < 1.29 is 14.3 Å². The molecule has 0 saturated heterocycles. The number of nitrogens with two attached hydrogens (primary N) is 1. The van der Waals surface area contributed by atoms with Gasteiger partial charge in [0, 0.05) is 0 Å².